The second-order valence-electron chi connectivity index (χ2n) is 6.99. The van der Waals surface area contributed by atoms with E-state index >= 15 is 0 Å². The summed E-state index contributed by atoms with van der Waals surface area (Å²) in [5.74, 6) is -0.375. The summed E-state index contributed by atoms with van der Waals surface area (Å²) in [6.07, 6.45) is 0.796. The van der Waals surface area contributed by atoms with Crippen LogP contribution in [0.15, 0.2) is 18.2 Å². The van der Waals surface area contributed by atoms with Crippen LogP contribution < -0.4 is 5.32 Å². The molecule has 2 unspecified atom stereocenters. The van der Waals surface area contributed by atoms with Crippen molar-refractivity contribution in [2.24, 2.45) is 0 Å². The minimum absolute atomic E-state index is 0.0547. The molecule has 2 heterocycles. The van der Waals surface area contributed by atoms with Crippen LogP contribution in [0.2, 0.25) is 10.0 Å². The Hall–Kier alpha value is -0.870. The predicted octanol–water partition coefficient (Wildman–Crippen LogP) is 1.61. The standard InChI is InChI=1S/C16H20Cl2N2O5S2/c17-11-5-12(18)7-13(6-11)19-16(21)8-20(14-1-3-26(22,23)9-14)15-2-4-27(24,25)10-15/h5-7,14-15H,1-4,8-10H2,(H,19,21). The zero-order valence-corrected chi connectivity index (χ0v) is 17.5. The molecule has 7 nitrogen and oxygen atoms in total. The molecule has 27 heavy (non-hydrogen) atoms. The van der Waals surface area contributed by atoms with Gasteiger partial charge < -0.3 is 5.32 Å². The Morgan fingerprint density at radius 2 is 1.44 bits per heavy atom. The van der Waals surface area contributed by atoms with E-state index in [0.717, 1.165) is 0 Å². The average Bonchev–Trinajstić information content (AvgIpc) is 3.05. The molecule has 150 valence electrons. The van der Waals surface area contributed by atoms with Crippen molar-refractivity contribution in [3.63, 3.8) is 0 Å². The van der Waals surface area contributed by atoms with Gasteiger partial charge in [-0.25, -0.2) is 16.8 Å². The van der Waals surface area contributed by atoms with Gasteiger partial charge in [-0.15, -0.1) is 0 Å². The molecule has 3 rings (SSSR count). The van der Waals surface area contributed by atoms with Crippen LogP contribution >= 0.6 is 23.2 Å². The number of anilines is 1. The molecular weight excluding hydrogens is 435 g/mol. The summed E-state index contributed by atoms with van der Waals surface area (Å²) in [7, 11) is -6.32. The highest BCUT2D eigenvalue weighted by molar-refractivity contribution is 7.92. The largest absolute Gasteiger partial charge is 0.325 e. The third kappa shape index (κ3) is 5.57. The van der Waals surface area contributed by atoms with Gasteiger partial charge in [-0.1, -0.05) is 23.2 Å². The lowest BCUT2D eigenvalue weighted by Crippen LogP contribution is -2.48. The van der Waals surface area contributed by atoms with E-state index < -0.39 is 19.7 Å². The monoisotopic (exact) mass is 454 g/mol. The van der Waals surface area contributed by atoms with Crippen molar-refractivity contribution in [2.45, 2.75) is 24.9 Å². The van der Waals surface area contributed by atoms with E-state index in [1.165, 1.54) is 6.07 Å². The van der Waals surface area contributed by atoms with Gasteiger partial charge in [0, 0.05) is 27.8 Å². The molecule has 0 bridgehead atoms. The summed E-state index contributed by atoms with van der Waals surface area (Å²) in [6, 6.07) is 3.92. The Morgan fingerprint density at radius 1 is 0.963 bits per heavy atom. The van der Waals surface area contributed by atoms with Crippen molar-refractivity contribution in [1.29, 1.82) is 0 Å². The van der Waals surface area contributed by atoms with Crippen LogP contribution in [0.3, 0.4) is 0 Å². The van der Waals surface area contributed by atoms with Crippen LogP contribution in [-0.2, 0) is 24.5 Å². The number of sulfone groups is 2. The number of carbonyl (C=O) groups is 1. The number of rotatable bonds is 5. The van der Waals surface area contributed by atoms with Crippen molar-refractivity contribution in [2.75, 3.05) is 34.9 Å². The van der Waals surface area contributed by atoms with Crippen molar-refractivity contribution in [1.82, 2.24) is 4.90 Å². The quantitative estimate of drug-likeness (QED) is 0.724. The van der Waals surface area contributed by atoms with E-state index in [0.29, 0.717) is 28.6 Å². The lowest BCUT2D eigenvalue weighted by molar-refractivity contribution is -0.118. The fourth-order valence-corrected chi connectivity index (χ4v) is 7.63. The molecule has 0 spiro atoms. The van der Waals surface area contributed by atoms with Gasteiger partial charge in [0.15, 0.2) is 19.7 Å². The first-order chi connectivity index (χ1) is 12.5. The Labute approximate surface area is 168 Å². The normalized spacial score (nSPS) is 26.3. The van der Waals surface area contributed by atoms with Gasteiger partial charge in [-0.2, -0.15) is 0 Å². The van der Waals surface area contributed by atoms with Crippen molar-refractivity contribution in [3.8, 4) is 0 Å². The lowest BCUT2D eigenvalue weighted by atomic mass is 10.1. The maximum Gasteiger partial charge on any atom is 0.238 e. The minimum Gasteiger partial charge on any atom is -0.325 e. The second-order valence-corrected chi connectivity index (χ2v) is 12.3. The zero-order valence-electron chi connectivity index (χ0n) is 14.4. The molecule has 0 aromatic heterocycles. The van der Waals surface area contributed by atoms with E-state index in [1.54, 1.807) is 17.0 Å². The van der Waals surface area contributed by atoms with Crippen LogP contribution in [0.5, 0.6) is 0 Å². The smallest absolute Gasteiger partial charge is 0.238 e. The molecule has 1 N–H and O–H groups in total. The summed E-state index contributed by atoms with van der Waals surface area (Å²) in [4.78, 5) is 14.3. The molecular formula is C16H20Cl2N2O5S2. The molecule has 0 saturated carbocycles. The highest BCUT2D eigenvalue weighted by atomic mass is 35.5. The van der Waals surface area contributed by atoms with Crippen molar-refractivity contribution in [3.05, 3.63) is 28.2 Å². The Balaban J connectivity index is 1.75. The van der Waals surface area contributed by atoms with E-state index in [9.17, 15) is 21.6 Å². The van der Waals surface area contributed by atoms with Crippen LogP contribution in [0.1, 0.15) is 12.8 Å². The summed E-state index contributed by atoms with van der Waals surface area (Å²) in [6.45, 7) is -0.0928. The number of nitrogens with one attached hydrogen (secondary N) is 1. The van der Waals surface area contributed by atoms with Crippen LogP contribution in [0.25, 0.3) is 0 Å². The predicted molar refractivity (Wildman–Crippen MR) is 106 cm³/mol. The number of carbonyl (C=O) groups excluding carboxylic acids is 1. The Morgan fingerprint density at radius 3 is 1.85 bits per heavy atom. The van der Waals surface area contributed by atoms with E-state index in [2.05, 4.69) is 5.32 Å². The Bertz CT molecular complexity index is 885. The molecule has 2 saturated heterocycles. The van der Waals surface area contributed by atoms with Gasteiger partial charge in [0.25, 0.3) is 0 Å². The number of benzene rings is 1. The van der Waals surface area contributed by atoms with Gasteiger partial charge in [-0.05, 0) is 31.0 Å². The van der Waals surface area contributed by atoms with Crippen LogP contribution in [0, 0.1) is 0 Å². The first-order valence-corrected chi connectivity index (χ1v) is 12.9. The van der Waals surface area contributed by atoms with Crippen molar-refractivity contribution < 1.29 is 21.6 Å². The van der Waals surface area contributed by atoms with Gasteiger partial charge in [0.2, 0.25) is 5.91 Å². The SMILES string of the molecule is O=C(CN(C1CCS(=O)(=O)C1)C1CCS(=O)(=O)C1)Nc1cc(Cl)cc(Cl)c1. The molecule has 1 amide bonds. The van der Waals surface area contributed by atoms with E-state index in [-0.39, 0.29) is 47.5 Å². The third-order valence-corrected chi connectivity index (χ3v) is 8.76. The average molecular weight is 455 g/mol. The summed E-state index contributed by atoms with van der Waals surface area (Å²) in [5.41, 5.74) is 0.426. The van der Waals surface area contributed by atoms with Gasteiger partial charge in [0.05, 0.1) is 29.6 Å². The first-order valence-electron chi connectivity index (χ1n) is 8.45. The van der Waals surface area contributed by atoms with Crippen molar-refractivity contribution >= 4 is 54.5 Å². The number of hydrogen-bond donors (Lipinski definition) is 1. The van der Waals surface area contributed by atoms with Crippen LogP contribution in [0.4, 0.5) is 5.69 Å². The molecule has 11 heteroatoms. The molecule has 1 aromatic carbocycles. The van der Waals surface area contributed by atoms with Gasteiger partial charge in [-0.3, -0.25) is 9.69 Å². The fourth-order valence-electron chi connectivity index (χ4n) is 3.62. The molecule has 1 aromatic rings. The van der Waals surface area contributed by atoms with Gasteiger partial charge >= 0.3 is 0 Å². The van der Waals surface area contributed by atoms with E-state index in [1.807, 2.05) is 0 Å². The molecule has 2 fully saturated rings. The number of halogens is 2. The molecule has 0 radical (unpaired) electrons. The zero-order chi connectivity index (χ0) is 19.8. The maximum absolute atomic E-state index is 12.5. The topological polar surface area (TPSA) is 101 Å². The molecule has 2 aliphatic rings. The maximum atomic E-state index is 12.5. The minimum atomic E-state index is -3.16. The molecule has 0 aliphatic carbocycles. The number of hydrogen-bond acceptors (Lipinski definition) is 6. The first kappa shape index (κ1) is 20.9. The second kappa shape index (κ2) is 7.87. The molecule has 2 aliphatic heterocycles. The summed E-state index contributed by atoms with van der Waals surface area (Å²) >= 11 is 11.9. The summed E-state index contributed by atoms with van der Waals surface area (Å²) in [5, 5.41) is 3.44. The lowest BCUT2D eigenvalue weighted by Gasteiger charge is -2.32. The van der Waals surface area contributed by atoms with Gasteiger partial charge in [0.1, 0.15) is 0 Å². The Kier molecular flexibility index (Phi) is 6.08. The van der Waals surface area contributed by atoms with E-state index in [4.69, 9.17) is 23.2 Å². The third-order valence-electron chi connectivity index (χ3n) is 4.83. The molecule has 2 atom stereocenters. The number of amides is 1. The fraction of sp³-hybridized carbons (Fsp3) is 0.562. The van der Waals surface area contributed by atoms with Crippen LogP contribution in [-0.4, -0.2) is 69.3 Å². The highest BCUT2D eigenvalue weighted by Crippen LogP contribution is 2.26. The highest BCUT2D eigenvalue weighted by Gasteiger charge is 2.40. The summed E-state index contributed by atoms with van der Waals surface area (Å²) < 4.78 is 47.5. The number of nitrogens with zero attached hydrogens (tertiary/aromatic N) is 1.